The van der Waals surface area contributed by atoms with Crippen molar-refractivity contribution in [2.24, 2.45) is 5.92 Å². The zero-order valence-corrected chi connectivity index (χ0v) is 12.6. The van der Waals surface area contributed by atoms with Crippen LogP contribution in [0.1, 0.15) is 13.8 Å². The fourth-order valence-corrected chi connectivity index (χ4v) is 0.731. The van der Waals surface area contributed by atoms with Crippen LogP contribution >= 0.6 is 13.6 Å². The van der Waals surface area contributed by atoms with Crippen LogP contribution in [-0.2, 0) is 16.3 Å². The van der Waals surface area contributed by atoms with E-state index in [1.165, 1.54) is 16.3 Å². The first-order valence-corrected chi connectivity index (χ1v) is 11.1. The number of rotatable bonds is 3. The fraction of sp³-hybridized carbons (Fsp3) is 0.400. The first-order valence-electron chi connectivity index (χ1n) is 4.14. The van der Waals surface area contributed by atoms with Gasteiger partial charge in [0, 0.05) is 5.75 Å². The second kappa shape index (κ2) is 8.71. The molecule has 0 spiro atoms. The second-order valence-corrected chi connectivity index (χ2v) is 2.94. The Balaban J connectivity index is 0.000000671. The van der Waals surface area contributed by atoms with Crippen LogP contribution in [0.5, 0.6) is 5.75 Å². The first-order chi connectivity index (χ1) is 6.29. The van der Waals surface area contributed by atoms with Crippen LogP contribution in [0.15, 0.2) is 24.3 Å². The van der Waals surface area contributed by atoms with E-state index in [-0.39, 0.29) is 0 Å². The van der Waals surface area contributed by atoms with E-state index in [1.807, 2.05) is 24.3 Å². The summed E-state index contributed by atoms with van der Waals surface area (Å²) in [6.45, 7) is 5.05. The molecule has 0 heterocycles. The summed E-state index contributed by atoms with van der Waals surface area (Å²) in [5, 5.41) is 0. The SMILES string of the molecule is CC(C)COc1cc[c-]cc1.[Zn+][Br]. The molecule has 68 valence electrons. The molecule has 1 aromatic carbocycles. The topological polar surface area (TPSA) is 9.23 Å². The Morgan fingerprint density at radius 3 is 2.38 bits per heavy atom. The molecule has 0 unspecified atom stereocenters. The predicted octanol–water partition coefficient (Wildman–Crippen LogP) is 3.36. The Hall–Kier alpha value is 0.123. The quantitative estimate of drug-likeness (QED) is 0.613. The van der Waals surface area contributed by atoms with E-state index in [2.05, 4.69) is 33.5 Å². The van der Waals surface area contributed by atoms with Gasteiger partial charge in [-0.2, -0.15) is 18.2 Å². The van der Waals surface area contributed by atoms with Crippen molar-refractivity contribution in [1.29, 1.82) is 0 Å². The van der Waals surface area contributed by atoms with Crippen molar-refractivity contribution in [3.05, 3.63) is 30.3 Å². The molecule has 0 N–H and O–H groups in total. The average molecular weight is 295 g/mol. The number of ether oxygens (including phenoxy) is 1. The summed E-state index contributed by atoms with van der Waals surface area (Å²) in [4.78, 5) is 0. The number of halogens is 1. The summed E-state index contributed by atoms with van der Waals surface area (Å²) >= 11 is 4.25. The Morgan fingerprint density at radius 1 is 1.38 bits per heavy atom. The van der Waals surface area contributed by atoms with Gasteiger partial charge in [0.25, 0.3) is 0 Å². The third kappa shape index (κ3) is 7.21. The number of hydrogen-bond acceptors (Lipinski definition) is 1. The van der Waals surface area contributed by atoms with Gasteiger partial charge in [0.1, 0.15) is 0 Å². The van der Waals surface area contributed by atoms with E-state index in [0.29, 0.717) is 5.92 Å². The van der Waals surface area contributed by atoms with Crippen molar-refractivity contribution >= 4 is 13.6 Å². The predicted molar refractivity (Wildman–Crippen MR) is 54.5 cm³/mol. The van der Waals surface area contributed by atoms with Crippen molar-refractivity contribution in [3.63, 3.8) is 0 Å². The van der Waals surface area contributed by atoms with Gasteiger partial charge in [-0.15, -0.1) is 12.1 Å². The van der Waals surface area contributed by atoms with E-state index in [9.17, 15) is 0 Å². The Morgan fingerprint density at radius 2 is 1.92 bits per heavy atom. The molecule has 1 aromatic rings. The molecular formula is C10H13BrOZn. The number of hydrogen-bond donors (Lipinski definition) is 0. The Kier molecular flexibility index (Phi) is 8.79. The van der Waals surface area contributed by atoms with Gasteiger partial charge in [0.2, 0.25) is 0 Å². The van der Waals surface area contributed by atoms with Crippen LogP contribution in [0.3, 0.4) is 0 Å². The van der Waals surface area contributed by atoms with Crippen LogP contribution in [0.2, 0.25) is 0 Å². The first kappa shape index (κ1) is 13.1. The van der Waals surface area contributed by atoms with Crippen molar-refractivity contribution < 1.29 is 21.1 Å². The monoisotopic (exact) mass is 292 g/mol. The van der Waals surface area contributed by atoms with E-state index in [0.717, 1.165) is 12.4 Å². The molecule has 0 aliphatic carbocycles. The third-order valence-electron chi connectivity index (χ3n) is 1.27. The normalized spacial score (nSPS) is 9.08. The maximum absolute atomic E-state index is 5.45. The van der Waals surface area contributed by atoms with Gasteiger partial charge in [-0.25, -0.2) is 0 Å². The Labute approximate surface area is 96.9 Å². The molecule has 0 fully saturated rings. The minimum atomic E-state index is 0.583. The van der Waals surface area contributed by atoms with Crippen LogP contribution in [-0.4, -0.2) is 6.61 Å². The minimum absolute atomic E-state index is 0.583. The van der Waals surface area contributed by atoms with Crippen LogP contribution in [0.4, 0.5) is 0 Å². The van der Waals surface area contributed by atoms with E-state index < -0.39 is 0 Å². The molecule has 0 bridgehead atoms. The summed E-state index contributed by atoms with van der Waals surface area (Å²) in [6.07, 6.45) is 0. The third-order valence-corrected chi connectivity index (χ3v) is 1.27. The summed E-state index contributed by atoms with van der Waals surface area (Å²) in [5.41, 5.74) is 0. The van der Waals surface area contributed by atoms with Crippen molar-refractivity contribution in [3.8, 4) is 5.75 Å². The van der Waals surface area contributed by atoms with Gasteiger partial charge < -0.3 is 4.74 Å². The second-order valence-electron chi connectivity index (χ2n) is 2.94. The fourth-order valence-electron chi connectivity index (χ4n) is 0.731. The average Bonchev–Trinajstić information content (AvgIpc) is 2.19. The van der Waals surface area contributed by atoms with Gasteiger partial charge in [0.15, 0.2) is 0 Å². The van der Waals surface area contributed by atoms with E-state index >= 15 is 0 Å². The zero-order valence-electron chi connectivity index (χ0n) is 8.09. The molecule has 0 aliphatic rings. The molecule has 0 aliphatic heterocycles. The summed E-state index contributed by atoms with van der Waals surface area (Å²) < 4.78 is 5.45. The molecule has 3 heteroatoms. The summed E-state index contributed by atoms with van der Waals surface area (Å²) in [5.74, 6) is 1.51. The van der Waals surface area contributed by atoms with Gasteiger partial charge in [-0.1, -0.05) is 13.8 Å². The molecule has 13 heavy (non-hydrogen) atoms. The molecule has 0 amide bonds. The molecule has 0 atom stereocenters. The molecular weight excluding hydrogens is 281 g/mol. The molecule has 0 saturated heterocycles. The van der Waals surface area contributed by atoms with Crippen molar-refractivity contribution in [2.75, 3.05) is 6.61 Å². The van der Waals surface area contributed by atoms with Crippen LogP contribution < -0.4 is 4.74 Å². The van der Waals surface area contributed by atoms with Gasteiger partial charge >= 0.3 is 30.0 Å². The van der Waals surface area contributed by atoms with E-state index in [1.54, 1.807) is 0 Å². The van der Waals surface area contributed by atoms with Gasteiger partial charge in [0.05, 0.1) is 6.61 Å². The van der Waals surface area contributed by atoms with Gasteiger partial charge in [-0.3, -0.25) is 0 Å². The number of benzene rings is 1. The standard InChI is InChI=1S/C10H13O.BrH.Zn/c1-9(2)8-11-10-6-4-3-5-7-10;;/h4-7,9H,8H2,1-2H3;1H;/q-1;;+2/p-1. The van der Waals surface area contributed by atoms with Crippen molar-refractivity contribution in [2.45, 2.75) is 13.8 Å². The molecule has 0 radical (unpaired) electrons. The van der Waals surface area contributed by atoms with Crippen LogP contribution in [0, 0.1) is 12.0 Å². The maximum atomic E-state index is 5.45. The molecule has 1 nitrogen and oxygen atoms in total. The van der Waals surface area contributed by atoms with Crippen molar-refractivity contribution in [1.82, 2.24) is 0 Å². The van der Waals surface area contributed by atoms with E-state index in [4.69, 9.17) is 4.74 Å². The Bertz CT molecular complexity index is 201. The summed E-state index contributed by atoms with van der Waals surface area (Å²) in [7, 11) is 0. The molecule has 1 rings (SSSR count). The molecule has 0 aromatic heterocycles. The van der Waals surface area contributed by atoms with Gasteiger partial charge in [-0.05, 0) is 5.92 Å². The zero-order chi connectivity index (χ0) is 10.1. The summed E-state index contributed by atoms with van der Waals surface area (Å²) in [6, 6.07) is 10.5. The van der Waals surface area contributed by atoms with Crippen LogP contribution in [0.25, 0.3) is 0 Å². The molecule has 0 saturated carbocycles.